The molecule has 1 atom stereocenters. The zero-order chi connectivity index (χ0) is 11.9. The molecule has 1 aromatic rings. The molecule has 3 heteroatoms. The molecule has 3 nitrogen and oxygen atoms in total. The highest BCUT2D eigenvalue weighted by molar-refractivity contribution is 5.96. The van der Waals surface area contributed by atoms with Crippen LogP contribution in [0.1, 0.15) is 23.2 Å². The van der Waals surface area contributed by atoms with Crippen molar-refractivity contribution in [2.24, 2.45) is 5.92 Å². The molecule has 0 aliphatic carbocycles. The highest BCUT2D eigenvalue weighted by Crippen LogP contribution is 2.12. The molecule has 0 amide bonds. The van der Waals surface area contributed by atoms with Gasteiger partial charge in [0.15, 0.2) is 5.78 Å². The molecule has 1 fully saturated rings. The molecule has 0 N–H and O–H groups in total. The average Bonchev–Trinajstić information content (AvgIpc) is 2.88. The third kappa shape index (κ3) is 3.95. The molecule has 92 valence electrons. The topological polar surface area (TPSA) is 35.5 Å². The molecule has 0 aromatic heterocycles. The minimum Gasteiger partial charge on any atom is -0.381 e. The fourth-order valence-corrected chi connectivity index (χ4v) is 1.90. The van der Waals surface area contributed by atoms with Crippen molar-refractivity contribution in [2.75, 3.05) is 26.4 Å². The van der Waals surface area contributed by atoms with E-state index in [9.17, 15) is 4.79 Å². The van der Waals surface area contributed by atoms with Crippen LogP contribution in [0.4, 0.5) is 0 Å². The van der Waals surface area contributed by atoms with Crippen LogP contribution in [0.3, 0.4) is 0 Å². The van der Waals surface area contributed by atoms with Crippen molar-refractivity contribution >= 4 is 5.78 Å². The van der Waals surface area contributed by atoms with E-state index < -0.39 is 0 Å². The summed E-state index contributed by atoms with van der Waals surface area (Å²) in [5.74, 6) is 0.662. The van der Waals surface area contributed by atoms with E-state index in [1.54, 1.807) is 0 Å². The van der Waals surface area contributed by atoms with Gasteiger partial charge in [0.1, 0.15) is 0 Å². The summed E-state index contributed by atoms with van der Waals surface area (Å²) < 4.78 is 10.8. The van der Waals surface area contributed by atoms with Crippen LogP contribution >= 0.6 is 0 Å². The first-order valence-corrected chi connectivity index (χ1v) is 6.10. The number of carbonyl (C=O) groups excluding carboxylic acids is 1. The van der Waals surface area contributed by atoms with Gasteiger partial charge in [-0.3, -0.25) is 4.79 Å². The Balaban J connectivity index is 1.63. The van der Waals surface area contributed by atoms with Gasteiger partial charge in [-0.1, -0.05) is 30.3 Å². The standard InChI is InChI=1S/C14H18O3/c15-14(13-4-2-1-3-5-13)7-9-17-11-12-6-8-16-10-12/h1-5,12H,6-11H2. The number of carbonyl (C=O) groups is 1. The minimum absolute atomic E-state index is 0.147. The summed E-state index contributed by atoms with van der Waals surface area (Å²) in [6.07, 6.45) is 1.53. The Labute approximate surface area is 102 Å². The zero-order valence-electron chi connectivity index (χ0n) is 9.93. The van der Waals surface area contributed by atoms with Crippen LogP contribution in [0.2, 0.25) is 0 Å². The lowest BCUT2D eigenvalue weighted by atomic mass is 10.1. The summed E-state index contributed by atoms with van der Waals surface area (Å²) >= 11 is 0. The Bertz CT molecular complexity index is 342. The average molecular weight is 234 g/mol. The van der Waals surface area contributed by atoms with Gasteiger partial charge in [0.05, 0.1) is 19.8 Å². The third-order valence-electron chi connectivity index (χ3n) is 2.95. The Morgan fingerprint density at radius 3 is 2.88 bits per heavy atom. The van der Waals surface area contributed by atoms with E-state index in [1.165, 1.54) is 0 Å². The second-order valence-corrected chi connectivity index (χ2v) is 4.34. The molecule has 0 spiro atoms. The van der Waals surface area contributed by atoms with E-state index in [1.807, 2.05) is 30.3 Å². The predicted molar refractivity (Wildman–Crippen MR) is 65.1 cm³/mol. The number of ketones is 1. The summed E-state index contributed by atoms with van der Waals surface area (Å²) in [5.41, 5.74) is 0.764. The van der Waals surface area contributed by atoms with Crippen LogP contribution in [-0.4, -0.2) is 32.2 Å². The van der Waals surface area contributed by atoms with Crippen LogP contribution in [0, 0.1) is 5.92 Å². The van der Waals surface area contributed by atoms with Gasteiger partial charge < -0.3 is 9.47 Å². The number of ether oxygens (including phenoxy) is 2. The number of benzene rings is 1. The maximum atomic E-state index is 11.7. The Morgan fingerprint density at radius 1 is 1.35 bits per heavy atom. The van der Waals surface area contributed by atoms with Gasteiger partial charge in [0.2, 0.25) is 0 Å². The fraction of sp³-hybridized carbons (Fsp3) is 0.500. The first-order valence-electron chi connectivity index (χ1n) is 6.10. The molecule has 0 bridgehead atoms. The summed E-state index contributed by atoms with van der Waals surface area (Å²) in [4.78, 5) is 11.7. The van der Waals surface area contributed by atoms with Crippen LogP contribution in [0.5, 0.6) is 0 Å². The molecule has 1 aliphatic heterocycles. The predicted octanol–water partition coefficient (Wildman–Crippen LogP) is 2.31. The van der Waals surface area contributed by atoms with Crippen LogP contribution in [-0.2, 0) is 9.47 Å². The Morgan fingerprint density at radius 2 is 2.18 bits per heavy atom. The second kappa shape index (κ2) is 6.52. The maximum absolute atomic E-state index is 11.7. The van der Waals surface area contributed by atoms with Crippen LogP contribution in [0.25, 0.3) is 0 Å². The van der Waals surface area contributed by atoms with Crippen molar-refractivity contribution < 1.29 is 14.3 Å². The Hall–Kier alpha value is -1.19. The number of Topliss-reactive ketones (excluding diaryl/α,β-unsaturated/α-hetero) is 1. The summed E-state index contributed by atoms with van der Waals surface area (Å²) in [5, 5.41) is 0. The monoisotopic (exact) mass is 234 g/mol. The van der Waals surface area contributed by atoms with Crippen LogP contribution in [0.15, 0.2) is 30.3 Å². The SMILES string of the molecule is O=C(CCOCC1CCOC1)c1ccccc1. The quantitative estimate of drug-likeness (QED) is 0.559. The minimum atomic E-state index is 0.147. The fourth-order valence-electron chi connectivity index (χ4n) is 1.90. The van der Waals surface area contributed by atoms with Gasteiger partial charge in [-0.05, 0) is 6.42 Å². The van der Waals surface area contributed by atoms with Gasteiger partial charge in [-0.15, -0.1) is 0 Å². The van der Waals surface area contributed by atoms with Crippen molar-refractivity contribution in [1.29, 1.82) is 0 Å². The smallest absolute Gasteiger partial charge is 0.165 e. The van der Waals surface area contributed by atoms with E-state index in [-0.39, 0.29) is 5.78 Å². The van der Waals surface area contributed by atoms with Crippen molar-refractivity contribution in [1.82, 2.24) is 0 Å². The molecule has 1 aromatic carbocycles. The molecule has 1 heterocycles. The summed E-state index contributed by atoms with van der Waals surface area (Å²) in [7, 11) is 0. The van der Waals surface area contributed by atoms with E-state index in [4.69, 9.17) is 9.47 Å². The lowest BCUT2D eigenvalue weighted by molar-refractivity contribution is 0.0756. The summed E-state index contributed by atoms with van der Waals surface area (Å²) in [6.45, 7) is 2.86. The van der Waals surface area contributed by atoms with Gasteiger partial charge in [-0.2, -0.15) is 0 Å². The van der Waals surface area contributed by atoms with Gasteiger partial charge in [0, 0.05) is 24.5 Å². The van der Waals surface area contributed by atoms with Gasteiger partial charge in [-0.25, -0.2) is 0 Å². The van der Waals surface area contributed by atoms with E-state index in [2.05, 4.69) is 0 Å². The van der Waals surface area contributed by atoms with Crippen molar-refractivity contribution in [3.63, 3.8) is 0 Å². The van der Waals surface area contributed by atoms with Crippen LogP contribution < -0.4 is 0 Å². The van der Waals surface area contributed by atoms with Crippen molar-refractivity contribution in [3.8, 4) is 0 Å². The molecule has 1 unspecified atom stereocenters. The molecule has 17 heavy (non-hydrogen) atoms. The third-order valence-corrected chi connectivity index (χ3v) is 2.95. The first kappa shape index (κ1) is 12.3. The lowest BCUT2D eigenvalue weighted by Crippen LogP contribution is -2.12. The van der Waals surface area contributed by atoms with Crippen molar-refractivity contribution in [3.05, 3.63) is 35.9 Å². The van der Waals surface area contributed by atoms with Crippen molar-refractivity contribution in [2.45, 2.75) is 12.8 Å². The molecule has 1 saturated heterocycles. The van der Waals surface area contributed by atoms with Gasteiger partial charge >= 0.3 is 0 Å². The molecular weight excluding hydrogens is 216 g/mol. The molecule has 0 saturated carbocycles. The Kier molecular flexibility index (Phi) is 4.71. The number of hydrogen-bond donors (Lipinski definition) is 0. The molecule has 0 radical (unpaired) electrons. The van der Waals surface area contributed by atoms with Gasteiger partial charge in [0.25, 0.3) is 0 Å². The molecular formula is C14H18O3. The first-order chi connectivity index (χ1) is 8.36. The zero-order valence-corrected chi connectivity index (χ0v) is 9.93. The molecule has 1 aliphatic rings. The normalized spacial score (nSPS) is 19.4. The number of rotatable bonds is 6. The van der Waals surface area contributed by atoms with E-state index in [0.29, 0.717) is 25.6 Å². The largest absolute Gasteiger partial charge is 0.381 e. The highest BCUT2D eigenvalue weighted by atomic mass is 16.5. The maximum Gasteiger partial charge on any atom is 0.165 e. The molecule has 2 rings (SSSR count). The van der Waals surface area contributed by atoms with E-state index >= 15 is 0 Å². The lowest BCUT2D eigenvalue weighted by Gasteiger charge is -2.08. The van der Waals surface area contributed by atoms with E-state index in [0.717, 1.165) is 25.2 Å². The number of hydrogen-bond acceptors (Lipinski definition) is 3. The highest BCUT2D eigenvalue weighted by Gasteiger charge is 2.15. The second-order valence-electron chi connectivity index (χ2n) is 4.34. The summed E-state index contributed by atoms with van der Waals surface area (Å²) in [6, 6.07) is 9.35.